The second kappa shape index (κ2) is 5.40. The second-order valence-corrected chi connectivity index (χ2v) is 3.70. The van der Waals surface area contributed by atoms with Gasteiger partial charge in [-0.1, -0.05) is 0 Å². The summed E-state index contributed by atoms with van der Waals surface area (Å²) >= 11 is 0. The Morgan fingerprint density at radius 2 is 2.33 bits per heavy atom. The molecule has 0 aromatic carbocycles. The minimum absolute atomic E-state index is 0.0757. The predicted molar refractivity (Wildman–Crippen MR) is 54.3 cm³/mol. The summed E-state index contributed by atoms with van der Waals surface area (Å²) in [7, 11) is 3.99. The topological polar surface area (TPSA) is 86.8 Å². The number of carbonyl (C=O) groups is 1. The normalized spacial score (nSPS) is 12.8. The summed E-state index contributed by atoms with van der Waals surface area (Å²) < 4.78 is 0. The van der Waals surface area contributed by atoms with E-state index < -0.39 is 0 Å². The van der Waals surface area contributed by atoms with Crippen LogP contribution in [0.5, 0.6) is 0 Å². The lowest BCUT2D eigenvalue weighted by Gasteiger charge is -2.15. The molecular weight excluding hydrogens is 196 g/mol. The van der Waals surface area contributed by atoms with Crippen molar-refractivity contribution in [3.8, 4) is 0 Å². The maximum absolute atomic E-state index is 11.5. The van der Waals surface area contributed by atoms with Crippen molar-refractivity contribution < 1.29 is 4.79 Å². The molecule has 7 nitrogen and oxygen atoms in total. The third-order valence-electron chi connectivity index (χ3n) is 1.94. The number of rotatable bonds is 5. The molecule has 1 atom stereocenters. The molecule has 1 aromatic rings. The van der Waals surface area contributed by atoms with E-state index in [9.17, 15) is 4.79 Å². The van der Waals surface area contributed by atoms with Crippen LogP contribution >= 0.6 is 0 Å². The van der Waals surface area contributed by atoms with Crippen molar-refractivity contribution in [3.05, 3.63) is 5.82 Å². The van der Waals surface area contributed by atoms with Crippen molar-refractivity contribution in [2.24, 2.45) is 0 Å². The first kappa shape index (κ1) is 11.6. The average molecular weight is 212 g/mol. The van der Waals surface area contributed by atoms with E-state index in [2.05, 4.69) is 30.8 Å². The van der Waals surface area contributed by atoms with Crippen LogP contribution < -0.4 is 5.32 Å². The van der Waals surface area contributed by atoms with E-state index in [1.807, 2.05) is 21.0 Å². The molecule has 1 rings (SSSR count). The minimum Gasteiger partial charge on any atom is -0.347 e. The number of hydrogen-bond donors (Lipinski definition) is 2. The highest BCUT2D eigenvalue weighted by atomic mass is 16.2. The highest BCUT2D eigenvalue weighted by Gasteiger charge is 2.13. The summed E-state index contributed by atoms with van der Waals surface area (Å²) in [5.74, 6) is -0.221. The highest BCUT2D eigenvalue weighted by molar-refractivity contribution is 5.90. The molecule has 0 spiro atoms. The molecule has 0 radical (unpaired) electrons. The first-order valence-corrected chi connectivity index (χ1v) is 4.78. The lowest BCUT2D eigenvalue weighted by Crippen LogP contribution is -2.35. The summed E-state index contributed by atoms with van der Waals surface area (Å²) in [6, 6.07) is 0.0957. The van der Waals surface area contributed by atoms with Gasteiger partial charge in [-0.25, -0.2) is 0 Å². The first-order valence-electron chi connectivity index (χ1n) is 4.78. The maximum Gasteiger partial charge on any atom is 0.293 e. The van der Waals surface area contributed by atoms with E-state index >= 15 is 0 Å². The number of carbonyl (C=O) groups excluding carboxylic acids is 1. The third-order valence-corrected chi connectivity index (χ3v) is 1.94. The molecule has 0 saturated heterocycles. The van der Waals surface area contributed by atoms with Crippen molar-refractivity contribution in [1.29, 1.82) is 0 Å². The summed E-state index contributed by atoms with van der Waals surface area (Å²) in [5, 5.41) is 15.5. The summed E-state index contributed by atoms with van der Waals surface area (Å²) in [4.78, 5) is 13.5. The van der Waals surface area contributed by atoms with Gasteiger partial charge in [-0.3, -0.25) is 4.79 Å². The standard InChI is InChI=1S/C8H16N6O/c1-6(4-5-14(2)3)9-8(15)7-10-12-13-11-7/h6H,4-5H2,1-3H3,(H,9,15)(H,10,11,12,13). The summed E-state index contributed by atoms with van der Waals surface area (Å²) in [6.45, 7) is 2.87. The zero-order valence-electron chi connectivity index (χ0n) is 9.19. The largest absolute Gasteiger partial charge is 0.347 e. The molecule has 15 heavy (non-hydrogen) atoms. The van der Waals surface area contributed by atoms with E-state index in [0.29, 0.717) is 0 Å². The van der Waals surface area contributed by atoms with Crippen LogP contribution in [0.1, 0.15) is 24.0 Å². The Balaban J connectivity index is 2.32. The van der Waals surface area contributed by atoms with Crippen molar-refractivity contribution in [3.63, 3.8) is 0 Å². The Hall–Kier alpha value is -1.50. The van der Waals surface area contributed by atoms with Crippen LogP contribution in [-0.4, -0.2) is 58.1 Å². The van der Waals surface area contributed by atoms with Crippen LogP contribution in [0, 0.1) is 0 Å². The van der Waals surface area contributed by atoms with Gasteiger partial charge in [0.25, 0.3) is 11.7 Å². The summed E-state index contributed by atoms with van der Waals surface area (Å²) in [5.41, 5.74) is 0. The smallest absolute Gasteiger partial charge is 0.293 e. The zero-order valence-corrected chi connectivity index (χ0v) is 9.19. The molecule has 1 aromatic heterocycles. The monoisotopic (exact) mass is 212 g/mol. The van der Waals surface area contributed by atoms with Gasteiger partial charge in [-0.05, 0) is 39.2 Å². The highest BCUT2D eigenvalue weighted by Crippen LogP contribution is 1.94. The minimum atomic E-state index is -0.296. The number of nitrogens with one attached hydrogen (secondary N) is 2. The van der Waals surface area contributed by atoms with Gasteiger partial charge in [-0.15, -0.1) is 10.2 Å². The van der Waals surface area contributed by atoms with Crippen LogP contribution in [0.25, 0.3) is 0 Å². The van der Waals surface area contributed by atoms with E-state index in [1.165, 1.54) is 0 Å². The molecule has 1 heterocycles. The Morgan fingerprint density at radius 1 is 1.60 bits per heavy atom. The zero-order chi connectivity index (χ0) is 11.3. The van der Waals surface area contributed by atoms with Gasteiger partial charge in [0.15, 0.2) is 0 Å². The number of hydrogen-bond acceptors (Lipinski definition) is 5. The van der Waals surface area contributed by atoms with Gasteiger partial charge in [0, 0.05) is 6.04 Å². The molecular formula is C8H16N6O. The molecule has 2 N–H and O–H groups in total. The van der Waals surface area contributed by atoms with Crippen molar-refractivity contribution in [2.75, 3.05) is 20.6 Å². The number of aromatic nitrogens is 4. The lowest BCUT2D eigenvalue weighted by atomic mass is 10.2. The van der Waals surface area contributed by atoms with E-state index in [0.717, 1.165) is 13.0 Å². The summed E-state index contributed by atoms with van der Waals surface area (Å²) in [6.07, 6.45) is 0.886. The average Bonchev–Trinajstić information content (AvgIpc) is 2.67. The molecule has 0 fully saturated rings. The fourth-order valence-electron chi connectivity index (χ4n) is 1.07. The van der Waals surface area contributed by atoms with E-state index in [1.54, 1.807) is 0 Å². The molecule has 1 unspecified atom stereocenters. The lowest BCUT2D eigenvalue weighted by molar-refractivity contribution is 0.0926. The molecule has 0 aliphatic heterocycles. The molecule has 84 valence electrons. The molecule has 0 bridgehead atoms. The van der Waals surface area contributed by atoms with Crippen LogP contribution in [0.15, 0.2) is 0 Å². The number of H-pyrrole nitrogens is 1. The third kappa shape index (κ3) is 4.03. The maximum atomic E-state index is 11.5. The SMILES string of the molecule is CC(CCN(C)C)NC(=O)c1nn[nH]n1. The number of amides is 1. The fraction of sp³-hybridized carbons (Fsp3) is 0.750. The Labute approximate surface area is 88.2 Å². The quantitative estimate of drug-likeness (QED) is 0.672. The van der Waals surface area contributed by atoms with Crippen LogP contribution in [-0.2, 0) is 0 Å². The van der Waals surface area contributed by atoms with E-state index in [4.69, 9.17) is 0 Å². The van der Waals surface area contributed by atoms with Gasteiger partial charge in [0.05, 0.1) is 0 Å². The van der Waals surface area contributed by atoms with Gasteiger partial charge >= 0.3 is 0 Å². The first-order chi connectivity index (χ1) is 7.09. The Bertz CT molecular complexity index is 296. The van der Waals surface area contributed by atoms with Crippen molar-refractivity contribution in [2.45, 2.75) is 19.4 Å². The molecule has 0 aliphatic rings. The number of tetrazole rings is 1. The predicted octanol–water partition coefficient (Wildman–Crippen LogP) is -0.730. The second-order valence-electron chi connectivity index (χ2n) is 3.70. The van der Waals surface area contributed by atoms with Crippen LogP contribution in [0.2, 0.25) is 0 Å². The van der Waals surface area contributed by atoms with Gasteiger partial charge in [0.1, 0.15) is 0 Å². The van der Waals surface area contributed by atoms with Crippen LogP contribution in [0.3, 0.4) is 0 Å². The van der Waals surface area contributed by atoms with Crippen molar-refractivity contribution >= 4 is 5.91 Å². The number of aromatic amines is 1. The van der Waals surface area contributed by atoms with Crippen LogP contribution in [0.4, 0.5) is 0 Å². The van der Waals surface area contributed by atoms with Gasteiger partial charge < -0.3 is 10.2 Å². The van der Waals surface area contributed by atoms with Crippen molar-refractivity contribution in [1.82, 2.24) is 30.8 Å². The molecule has 0 aliphatic carbocycles. The van der Waals surface area contributed by atoms with Gasteiger partial charge in [0.2, 0.25) is 0 Å². The van der Waals surface area contributed by atoms with Gasteiger partial charge in [-0.2, -0.15) is 5.21 Å². The fourth-order valence-corrected chi connectivity index (χ4v) is 1.07. The molecule has 7 heteroatoms. The molecule has 0 saturated carbocycles. The molecule has 1 amide bonds. The number of nitrogens with zero attached hydrogens (tertiary/aromatic N) is 4. The van der Waals surface area contributed by atoms with E-state index in [-0.39, 0.29) is 17.8 Å². The Kier molecular flexibility index (Phi) is 4.17. The Morgan fingerprint density at radius 3 is 2.87 bits per heavy atom.